The average Bonchev–Trinajstić information content (AvgIpc) is 3.42. The molecule has 1 saturated heterocycles. The van der Waals surface area contributed by atoms with Gasteiger partial charge in [0.05, 0.1) is 12.6 Å². The maximum Gasteiger partial charge on any atom is 0.231 e. The van der Waals surface area contributed by atoms with Gasteiger partial charge in [-0.15, -0.1) is 16.8 Å². The van der Waals surface area contributed by atoms with Gasteiger partial charge < -0.3 is 18.8 Å². The molecule has 3 heterocycles. The molecule has 1 atom stereocenters. The van der Waals surface area contributed by atoms with E-state index in [-0.39, 0.29) is 0 Å². The minimum Gasteiger partial charge on any atom is -0.454 e. The predicted molar refractivity (Wildman–Crippen MR) is 108 cm³/mol. The molecule has 0 spiro atoms. The topological polar surface area (TPSA) is 61.6 Å². The van der Waals surface area contributed by atoms with E-state index >= 15 is 0 Å². The maximum atomic E-state index is 5.72. The lowest BCUT2D eigenvalue weighted by atomic mass is 10.2. The van der Waals surface area contributed by atoms with Gasteiger partial charge in [-0.05, 0) is 37.6 Å². The molecule has 0 N–H and O–H groups in total. The number of hydrogen-bond donors (Lipinski definition) is 0. The van der Waals surface area contributed by atoms with Crippen LogP contribution in [0.4, 0.5) is 0 Å². The molecule has 1 aromatic heterocycles. The monoisotopic (exact) mass is 402 g/mol. The lowest BCUT2D eigenvalue weighted by Gasteiger charge is -2.17. The Balaban J connectivity index is 1.39. The summed E-state index contributed by atoms with van der Waals surface area (Å²) in [6.07, 6.45) is 4.51. The number of nitrogens with zero attached hydrogens (tertiary/aromatic N) is 4. The zero-order valence-corrected chi connectivity index (χ0v) is 17.0. The number of allylic oxidation sites excluding steroid dienone is 1. The third kappa shape index (κ3) is 4.51. The Morgan fingerprint density at radius 3 is 3.00 bits per heavy atom. The Bertz CT molecular complexity index is 820. The molecule has 0 unspecified atom stereocenters. The second-order valence-corrected chi connectivity index (χ2v) is 8.09. The maximum absolute atomic E-state index is 5.72. The smallest absolute Gasteiger partial charge is 0.231 e. The van der Waals surface area contributed by atoms with Gasteiger partial charge in [-0.3, -0.25) is 4.90 Å². The quantitative estimate of drug-likeness (QED) is 0.472. The van der Waals surface area contributed by atoms with Crippen LogP contribution in [0.1, 0.15) is 24.2 Å². The summed E-state index contributed by atoms with van der Waals surface area (Å²) in [5.41, 5.74) is 1.18. The molecular weight excluding hydrogens is 376 g/mol. The summed E-state index contributed by atoms with van der Waals surface area (Å²) in [6, 6.07) is 6.07. The van der Waals surface area contributed by atoms with Crippen LogP contribution in [0.5, 0.6) is 11.5 Å². The van der Waals surface area contributed by atoms with Crippen LogP contribution in [-0.4, -0.2) is 52.0 Å². The summed E-state index contributed by atoms with van der Waals surface area (Å²) in [7, 11) is 2.08. The van der Waals surface area contributed by atoms with Crippen molar-refractivity contribution in [2.24, 2.45) is 0 Å². The highest BCUT2D eigenvalue weighted by Crippen LogP contribution is 2.32. The second kappa shape index (κ2) is 8.98. The van der Waals surface area contributed by atoms with Gasteiger partial charge in [0.1, 0.15) is 5.82 Å². The van der Waals surface area contributed by atoms with Gasteiger partial charge in [-0.1, -0.05) is 23.9 Å². The molecule has 0 saturated carbocycles. The van der Waals surface area contributed by atoms with E-state index in [4.69, 9.17) is 14.2 Å². The number of rotatable bonds is 9. The lowest BCUT2D eigenvalue weighted by molar-refractivity contribution is 0.129. The first-order valence-electron chi connectivity index (χ1n) is 9.57. The molecule has 2 aliphatic rings. The van der Waals surface area contributed by atoms with E-state index in [0.717, 1.165) is 54.2 Å². The Morgan fingerprint density at radius 1 is 1.29 bits per heavy atom. The van der Waals surface area contributed by atoms with Crippen LogP contribution in [-0.2, 0) is 24.4 Å². The fourth-order valence-corrected chi connectivity index (χ4v) is 4.48. The summed E-state index contributed by atoms with van der Waals surface area (Å²) >= 11 is 1.72. The van der Waals surface area contributed by atoms with Crippen molar-refractivity contribution in [1.82, 2.24) is 19.7 Å². The van der Waals surface area contributed by atoms with Crippen LogP contribution in [0.25, 0.3) is 0 Å². The van der Waals surface area contributed by atoms with Crippen molar-refractivity contribution in [1.29, 1.82) is 0 Å². The minimum absolute atomic E-state index is 0.297. The standard InChI is InChI=1S/C20H26N4O3S/c1-3-8-24-19(21-22-20(24)28-13-16-5-4-9-25-16)12-23(2)11-15-6-7-17-18(10-15)27-14-26-17/h3,6-7,10,16H,1,4-5,8-9,11-14H2,2H3/t16-/m1/s1. The lowest BCUT2D eigenvalue weighted by Crippen LogP contribution is -2.20. The molecule has 2 aliphatic heterocycles. The van der Waals surface area contributed by atoms with Gasteiger partial charge in [0.2, 0.25) is 6.79 Å². The van der Waals surface area contributed by atoms with Gasteiger partial charge in [0.25, 0.3) is 0 Å². The third-order valence-corrected chi connectivity index (χ3v) is 5.93. The first kappa shape index (κ1) is 19.3. The van der Waals surface area contributed by atoms with Crippen LogP contribution >= 0.6 is 11.8 Å². The SMILES string of the molecule is C=CCn1c(CN(C)Cc2ccc3c(c2)OCO3)nnc1SC[C@H]1CCCO1. The number of aromatic nitrogens is 3. The number of ether oxygens (including phenoxy) is 3. The van der Waals surface area contributed by atoms with E-state index in [2.05, 4.69) is 39.4 Å². The molecule has 0 bridgehead atoms. The van der Waals surface area contributed by atoms with Crippen molar-refractivity contribution in [2.45, 2.75) is 43.7 Å². The van der Waals surface area contributed by atoms with Crippen molar-refractivity contribution >= 4 is 11.8 Å². The molecule has 150 valence electrons. The van der Waals surface area contributed by atoms with E-state index in [9.17, 15) is 0 Å². The van der Waals surface area contributed by atoms with Gasteiger partial charge in [0, 0.05) is 25.4 Å². The van der Waals surface area contributed by atoms with Crippen LogP contribution in [0.15, 0.2) is 36.0 Å². The number of benzene rings is 1. The molecule has 1 fully saturated rings. The van der Waals surface area contributed by atoms with Crippen LogP contribution in [0, 0.1) is 0 Å². The molecule has 1 aromatic carbocycles. The summed E-state index contributed by atoms with van der Waals surface area (Å²) < 4.78 is 18.7. The molecule has 28 heavy (non-hydrogen) atoms. The van der Waals surface area contributed by atoms with Crippen molar-refractivity contribution in [3.63, 3.8) is 0 Å². The average molecular weight is 403 g/mol. The number of thioether (sulfide) groups is 1. The Labute approximate surface area is 169 Å². The van der Waals surface area contributed by atoms with Gasteiger partial charge in [-0.25, -0.2) is 0 Å². The fourth-order valence-electron chi connectivity index (χ4n) is 3.45. The largest absolute Gasteiger partial charge is 0.454 e. The molecule has 4 rings (SSSR count). The molecule has 7 nitrogen and oxygen atoms in total. The van der Waals surface area contributed by atoms with Crippen LogP contribution in [0.2, 0.25) is 0 Å². The zero-order valence-electron chi connectivity index (χ0n) is 16.2. The predicted octanol–water partition coefficient (Wildman–Crippen LogP) is 3.10. The van der Waals surface area contributed by atoms with Crippen molar-refractivity contribution in [3.05, 3.63) is 42.2 Å². The highest BCUT2D eigenvalue weighted by atomic mass is 32.2. The highest BCUT2D eigenvalue weighted by Gasteiger charge is 2.19. The van der Waals surface area contributed by atoms with E-state index in [0.29, 0.717) is 26.0 Å². The zero-order chi connectivity index (χ0) is 19.3. The van der Waals surface area contributed by atoms with E-state index < -0.39 is 0 Å². The van der Waals surface area contributed by atoms with Crippen LogP contribution < -0.4 is 9.47 Å². The van der Waals surface area contributed by atoms with Crippen molar-refractivity contribution in [3.8, 4) is 11.5 Å². The second-order valence-electron chi connectivity index (χ2n) is 7.10. The fraction of sp³-hybridized carbons (Fsp3) is 0.500. The molecular formula is C20H26N4O3S. The van der Waals surface area contributed by atoms with Gasteiger partial charge >= 0.3 is 0 Å². The molecule has 2 aromatic rings. The third-order valence-electron chi connectivity index (χ3n) is 4.83. The van der Waals surface area contributed by atoms with Crippen molar-refractivity contribution in [2.75, 3.05) is 26.2 Å². The Hall–Kier alpha value is -2.03. The highest BCUT2D eigenvalue weighted by molar-refractivity contribution is 7.99. The van der Waals surface area contributed by atoms with Gasteiger partial charge in [-0.2, -0.15) is 0 Å². The summed E-state index contributed by atoms with van der Waals surface area (Å²) in [5, 5.41) is 9.78. The van der Waals surface area contributed by atoms with Gasteiger partial charge in [0.15, 0.2) is 16.7 Å². The summed E-state index contributed by atoms with van der Waals surface area (Å²) in [4.78, 5) is 2.22. The van der Waals surface area contributed by atoms with E-state index in [1.165, 1.54) is 5.56 Å². The molecule has 0 amide bonds. The van der Waals surface area contributed by atoms with Crippen molar-refractivity contribution < 1.29 is 14.2 Å². The first-order chi connectivity index (χ1) is 13.7. The van der Waals surface area contributed by atoms with E-state index in [1.54, 1.807) is 11.8 Å². The summed E-state index contributed by atoms with van der Waals surface area (Å²) in [5.74, 6) is 3.49. The molecule has 0 radical (unpaired) electrons. The van der Waals surface area contributed by atoms with E-state index in [1.807, 2.05) is 18.2 Å². The molecule has 0 aliphatic carbocycles. The minimum atomic E-state index is 0.297. The summed E-state index contributed by atoms with van der Waals surface area (Å²) in [6.45, 7) is 7.25. The Morgan fingerprint density at radius 2 is 2.18 bits per heavy atom. The first-order valence-corrected chi connectivity index (χ1v) is 10.6. The molecule has 8 heteroatoms. The number of fused-ring (bicyclic) bond motifs is 1. The Kier molecular flexibility index (Phi) is 6.19. The number of hydrogen-bond acceptors (Lipinski definition) is 7. The van der Waals surface area contributed by atoms with Crippen LogP contribution in [0.3, 0.4) is 0 Å². The normalized spacial score (nSPS) is 18.1.